The van der Waals surface area contributed by atoms with Gasteiger partial charge in [-0.2, -0.15) is 18.3 Å². The molecule has 0 bridgehead atoms. The van der Waals surface area contributed by atoms with Crippen LogP contribution in [-0.2, 0) is 23.1 Å². The van der Waals surface area contributed by atoms with Gasteiger partial charge >= 0.3 is 18.2 Å². The number of aryl methyl sites for hydroxylation is 1. The molecule has 32 heavy (non-hydrogen) atoms. The number of aromatic nitrogens is 4. The zero-order valence-corrected chi connectivity index (χ0v) is 17.7. The summed E-state index contributed by atoms with van der Waals surface area (Å²) in [5.74, 6) is -2.11. The maximum atomic E-state index is 10.6. The van der Waals surface area contributed by atoms with Crippen LogP contribution in [0.15, 0.2) is 30.9 Å². The summed E-state index contributed by atoms with van der Waals surface area (Å²) in [6, 6.07) is 2.26. The lowest BCUT2D eigenvalue weighted by atomic mass is 9.79. The maximum absolute atomic E-state index is 10.6. The summed E-state index contributed by atoms with van der Waals surface area (Å²) in [6.45, 7) is 4.51. The molecule has 4 rings (SSSR count). The molecule has 2 saturated heterocycles. The summed E-state index contributed by atoms with van der Waals surface area (Å²) in [5, 5.41) is 11.4. The normalized spacial score (nSPS) is 20.2. The summed E-state index contributed by atoms with van der Waals surface area (Å²) >= 11 is 0. The molecule has 0 radical (unpaired) electrons. The standard InChI is InChI=1S/C18H25N5O2.C2HF3O2/c1-22-11-16(10-21-22)12-23-13-18(14-23)9-15(4-8-25-18)3-7-24-17-19-5-2-6-20-17;3-2(4,5)1(6)7/h2,5-6,10-11,15H,3-4,7-9,12-14H2,1H3;(H,6,7). The third kappa shape index (κ3) is 6.89. The number of aliphatic carboxylic acids is 1. The highest BCUT2D eigenvalue weighted by atomic mass is 19.4. The van der Waals surface area contributed by atoms with Crippen molar-refractivity contribution in [3.05, 3.63) is 36.4 Å². The number of ether oxygens (including phenoxy) is 2. The molecular weight excluding hydrogens is 431 g/mol. The van der Waals surface area contributed by atoms with Crippen LogP contribution in [0.5, 0.6) is 6.01 Å². The number of likely N-dealkylation sites (tertiary alicyclic amines) is 1. The number of carboxylic acid groups (broad SMARTS) is 1. The van der Waals surface area contributed by atoms with E-state index < -0.39 is 12.1 Å². The number of rotatable bonds is 6. The van der Waals surface area contributed by atoms with Crippen LogP contribution in [0.2, 0.25) is 0 Å². The van der Waals surface area contributed by atoms with Crippen molar-refractivity contribution in [2.75, 3.05) is 26.3 Å². The van der Waals surface area contributed by atoms with E-state index in [0.717, 1.165) is 45.5 Å². The highest BCUT2D eigenvalue weighted by molar-refractivity contribution is 5.73. The summed E-state index contributed by atoms with van der Waals surface area (Å²) < 4.78 is 45.4. The summed E-state index contributed by atoms with van der Waals surface area (Å²) in [7, 11) is 1.96. The molecule has 0 aromatic carbocycles. The molecule has 0 aliphatic carbocycles. The number of carbonyl (C=O) groups is 1. The van der Waals surface area contributed by atoms with Crippen molar-refractivity contribution in [2.24, 2.45) is 13.0 Å². The number of halogens is 3. The number of hydrogen-bond donors (Lipinski definition) is 1. The molecule has 0 saturated carbocycles. The van der Waals surface area contributed by atoms with Crippen molar-refractivity contribution < 1.29 is 32.5 Å². The van der Waals surface area contributed by atoms with Crippen LogP contribution < -0.4 is 4.74 Å². The molecule has 9 nitrogen and oxygen atoms in total. The van der Waals surface area contributed by atoms with Gasteiger partial charge in [0.1, 0.15) is 0 Å². The minimum Gasteiger partial charge on any atom is -0.475 e. The van der Waals surface area contributed by atoms with Crippen LogP contribution in [0.1, 0.15) is 24.8 Å². The topological polar surface area (TPSA) is 103 Å². The van der Waals surface area contributed by atoms with Gasteiger partial charge in [-0.15, -0.1) is 0 Å². The van der Waals surface area contributed by atoms with Crippen molar-refractivity contribution in [1.29, 1.82) is 0 Å². The van der Waals surface area contributed by atoms with E-state index in [4.69, 9.17) is 19.4 Å². The molecule has 1 unspecified atom stereocenters. The van der Waals surface area contributed by atoms with E-state index in [1.165, 1.54) is 5.56 Å². The Balaban J connectivity index is 0.000000360. The predicted octanol–water partition coefficient (Wildman–Crippen LogP) is 2.29. The van der Waals surface area contributed by atoms with Gasteiger partial charge in [0.25, 0.3) is 0 Å². The SMILES string of the molecule is Cn1cc(CN2CC3(CC(CCOc4ncccn4)CCO3)C2)cn1.O=C(O)C(F)(F)F. The largest absolute Gasteiger partial charge is 0.490 e. The van der Waals surface area contributed by atoms with Crippen LogP contribution in [0, 0.1) is 5.92 Å². The molecule has 2 aliphatic heterocycles. The van der Waals surface area contributed by atoms with Gasteiger partial charge in [0, 0.05) is 57.4 Å². The first kappa shape index (κ1) is 23.9. The highest BCUT2D eigenvalue weighted by Gasteiger charge is 2.47. The smallest absolute Gasteiger partial charge is 0.475 e. The molecule has 12 heteroatoms. The van der Waals surface area contributed by atoms with Gasteiger partial charge in [-0.25, -0.2) is 14.8 Å². The molecule has 2 aliphatic rings. The molecule has 2 aromatic rings. The second-order valence-corrected chi connectivity index (χ2v) is 8.03. The zero-order chi connectivity index (χ0) is 23.2. The van der Waals surface area contributed by atoms with E-state index in [0.29, 0.717) is 18.5 Å². The predicted molar refractivity (Wildman–Crippen MR) is 106 cm³/mol. The van der Waals surface area contributed by atoms with E-state index in [2.05, 4.69) is 26.2 Å². The fourth-order valence-electron chi connectivity index (χ4n) is 3.97. The van der Waals surface area contributed by atoms with E-state index in [1.807, 2.05) is 17.9 Å². The van der Waals surface area contributed by atoms with Crippen molar-refractivity contribution in [2.45, 2.75) is 37.6 Å². The van der Waals surface area contributed by atoms with E-state index >= 15 is 0 Å². The Morgan fingerprint density at radius 1 is 1.34 bits per heavy atom. The van der Waals surface area contributed by atoms with Crippen LogP contribution in [0.25, 0.3) is 0 Å². The average Bonchev–Trinajstić information content (AvgIpc) is 3.12. The molecule has 4 heterocycles. The minimum absolute atomic E-state index is 0.0500. The second-order valence-electron chi connectivity index (χ2n) is 8.03. The van der Waals surface area contributed by atoms with Crippen molar-refractivity contribution in [1.82, 2.24) is 24.6 Å². The third-order valence-corrected chi connectivity index (χ3v) is 5.32. The lowest BCUT2D eigenvalue weighted by molar-refractivity contribution is -0.192. The Bertz CT molecular complexity index is 872. The Morgan fingerprint density at radius 2 is 2.03 bits per heavy atom. The molecule has 0 amide bonds. The second kappa shape index (κ2) is 10.3. The highest BCUT2D eigenvalue weighted by Crippen LogP contribution is 2.38. The molecule has 2 aromatic heterocycles. The first-order valence-electron chi connectivity index (χ1n) is 10.2. The molecule has 1 N–H and O–H groups in total. The lowest BCUT2D eigenvalue weighted by Gasteiger charge is -2.53. The van der Waals surface area contributed by atoms with E-state index in [-0.39, 0.29) is 5.60 Å². The van der Waals surface area contributed by atoms with Gasteiger partial charge < -0.3 is 14.6 Å². The number of nitrogens with zero attached hydrogens (tertiary/aromatic N) is 5. The van der Waals surface area contributed by atoms with Gasteiger partial charge in [-0.1, -0.05) is 0 Å². The fraction of sp³-hybridized carbons (Fsp3) is 0.600. The van der Waals surface area contributed by atoms with Crippen molar-refractivity contribution in [3.8, 4) is 6.01 Å². The van der Waals surface area contributed by atoms with Gasteiger partial charge in [0.15, 0.2) is 0 Å². The van der Waals surface area contributed by atoms with Gasteiger partial charge in [-0.3, -0.25) is 9.58 Å². The third-order valence-electron chi connectivity index (χ3n) is 5.32. The van der Waals surface area contributed by atoms with Crippen molar-refractivity contribution >= 4 is 5.97 Å². The summed E-state index contributed by atoms with van der Waals surface area (Å²) in [6.07, 6.45) is 5.62. The number of hydrogen-bond acceptors (Lipinski definition) is 7. The van der Waals surface area contributed by atoms with Gasteiger partial charge in [0.2, 0.25) is 0 Å². The van der Waals surface area contributed by atoms with Crippen LogP contribution >= 0.6 is 0 Å². The Hall–Kier alpha value is -2.73. The Labute approximate surface area is 183 Å². The first-order chi connectivity index (χ1) is 15.2. The Morgan fingerprint density at radius 3 is 2.62 bits per heavy atom. The van der Waals surface area contributed by atoms with Crippen LogP contribution in [-0.4, -0.2) is 73.8 Å². The minimum atomic E-state index is -5.08. The zero-order valence-electron chi connectivity index (χ0n) is 17.7. The van der Waals surface area contributed by atoms with E-state index in [9.17, 15) is 13.2 Å². The van der Waals surface area contributed by atoms with Gasteiger partial charge in [0.05, 0.1) is 18.4 Å². The van der Waals surface area contributed by atoms with E-state index in [1.54, 1.807) is 18.5 Å². The quantitative estimate of drug-likeness (QED) is 0.705. The van der Waals surface area contributed by atoms with Crippen molar-refractivity contribution in [3.63, 3.8) is 0 Å². The molecular formula is C20H26F3N5O4. The Kier molecular flexibility index (Phi) is 7.67. The fourth-order valence-corrected chi connectivity index (χ4v) is 3.97. The first-order valence-corrected chi connectivity index (χ1v) is 10.2. The summed E-state index contributed by atoms with van der Waals surface area (Å²) in [5.41, 5.74) is 1.31. The summed E-state index contributed by atoms with van der Waals surface area (Å²) in [4.78, 5) is 19.5. The molecule has 176 valence electrons. The lowest BCUT2D eigenvalue weighted by Crippen LogP contribution is -2.64. The monoisotopic (exact) mass is 457 g/mol. The van der Waals surface area contributed by atoms with Crippen LogP contribution in [0.4, 0.5) is 13.2 Å². The number of alkyl halides is 3. The molecule has 1 atom stereocenters. The average molecular weight is 457 g/mol. The number of carboxylic acids is 1. The molecule has 1 spiro atoms. The maximum Gasteiger partial charge on any atom is 0.490 e. The van der Waals surface area contributed by atoms with Gasteiger partial charge in [-0.05, 0) is 31.2 Å². The molecule has 2 fully saturated rings. The van der Waals surface area contributed by atoms with Crippen LogP contribution in [0.3, 0.4) is 0 Å².